The largest absolute Gasteiger partial charge is 0.459 e. The zero-order chi connectivity index (χ0) is 10.6. The van der Waals surface area contributed by atoms with Crippen molar-refractivity contribution in [3.63, 3.8) is 0 Å². The molecule has 6 nitrogen and oxygen atoms in total. The predicted octanol–water partition coefficient (Wildman–Crippen LogP) is 0.633. The molecule has 78 valence electrons. The van der Waals surface area contributed by atoms with Crippen LogP contribution >= 0.6 is 11.8 Å². The van der Waals surface area contributed by atoms with E-state index < -0.39 is 5.60 Å². The minimum Gasteiger partial charge on any atom is -0.459 e. The number of H-pyrrole nitrogens is 1. The molecule has 1 aromatic heterocycles. The lowest BCUT2D eigenvalue weighted by Crippen LogP contribution is -2.24. The van der Waals surface area contributed by atoms with Crippen molar-refractivity contribution in [2.45, 2.75) is 31.5 Å². The van der Waals surface area contributed by atoms with Gasteiger partial charge < -0.3 is 4.74 Å². The third-order valence-electron chi connectivity index (χ3n) is 1.07. The topological polar surface area (TPSA) is 80.8 Å². The van der Waals surface area contributed by atoms with E-state index in [2.05, 4.69) is 20.6 Å². The van der Waals surface area contributed by atoms with E-state index in [4.69, 9.17) is 4.74 Å². The van der Waals surface area contributed by atoms with E-state index in [0.29, 0.717) is 5.16 Å². The highest BCUT2D eigenvalue weighted by molar-refractivity contribution is 7.99. The molecule has 0 aliphatic carbocycles. The van der Waals surface area contributed by atoms with Crippen molar-refractivity contribution in [2.24, 2.45) is 0 Å². The molecule has 1 aromatic rings. The summed E-state index contributed by atoms with van der Waals surface area (Å²) in [5.74, 6) is -0.0763. The van der Waals surface area contributed by atoms with Crippen LogP contribution in [0.2, 0.25) is 0 Å². The minimum absolute atomic E-state index is 0.203. The van der Waals surface area contributed by atoms with Crippen LogP contribution in [0.4, 0.5) is 0 Å². The number of tetrazole rings is 1. The molecule has 0 spiro atoms. The fraction of sp³-hybridized carbons (Fsp3) is 0.714. The van der Waals surface area contributed by atoms with Gasteiger partial charge in [-0.1, -0.05) is 11.8 Å². The summed E-state index contributed by atoms with van der Waals surface area (Å²) in [4.78, 5) is 11.2. The molecular formula is C7H12N4O2S. The van der Waals surface area contributed by atoms with Gasteiger partial charge in [0.25, 0.3) is 0 Å². The molecule has 0 aliphatic heterocycles. The zero-order valence-corrected chi connectivity index (χ0v) is 9.09. The molecule has 7 heteroatoms. The van der Waals surface area contributed by atoms with Crippen LogP contribution in [-0.2, 0) is 9.53 Å². The van der Waals surface area contributed by atoms with Crippen molar-refractivity contribution in [2.75, 3.05) is 5.75 Å². The van der Waals surface area contributed by atoms with Crippen molar-refractivity contribution >= 4 is 17.7 Å². The van der Waals surface area contributed by atoms with Crippen LogP contribution in [0.5, 0.6) is 0 Å². The van der Waals surface area contributed by atoms with Gasteiger partial charge in [-0.15, -0.1) is 5.10 Å². The average Bonchev–Trinajstić information content (AvgIpc) is 2.49. The monoisotopic (exact) mass is 216 g/mol. The predicted molar refractivity (Wildman–Crippen MR) is 50.7 cm³/mol. The van der Waals surface area contributed by atoms with E-state index in [1.807, 2.05) is 20.8 Å². The first-order chi connectivity index (χ1) is 6.47. The van der Waals surface area contributed by atoms with Gasteiger partial charge in [-0.25, -0.2) is 5.10 Å². The summed E-state index contributed by atoms with van der Waals surface area (Å²) in [6.45, 7) is 5.47. The van der Waals surface area contributed by atoms with E-state index in [1.54, 1.807) is 0 Å². The number of carbonyl (C=O) groups excluding carboxylic acids is 1. The average molecular weight is 216 g/mol. The van der Waals surface area contributed by atoms with Crippen LogP contribution in [0.15, 0.2) is 5.16 Å². The molecule has 0 radical (unpaired) electrons. The molecule has 0 aliphatic rings. The number of hydrogen-bond donors (Lipinski definition) is 1. The highest BCUT2D eigenvalue weighted by Crippen LogP contribution is 2.13. The summed E-state index contributed by atoms with van der Waals surface area (Å²) in [6, 6.07) is 0. The first-order valence-electron chi connectivity index (χ1n) is 4.06. The number of hydrogen-bond acceptors (Lipinski definition) is 6. The van der Waals surface area contributed by atoms with Crippen molar-refractivity contribution in [1.82, 2.24) is 20.6 Å². The Hall–Kier alpha value is -1.11. The molecule has 0 aromatic carbocycles. The molecule has 0 fully saturated rings. The van der Waals surface area contributed by atoms with Crippen molar-refractivity contribution in [3.8, 4) is 0 Å². The summed E-state index contributed by atoms with van der Waals surface area (Å²) >= 11 is 1.21. The Bertz CT molecular complexity index is 293. The molecule has 0 unspecified atom stereocenters. The third-order valence-corrected chi connectivity index (χ3v) is 1.90. The van der Waals surface area contributed by atoms with Crippen molar-refractivity contribution in [1.29, 1.82) is 0 Å². The SMILES string of the molecule is CC(C)(C)OC(=O)CSc1nnn[nH]1. The molecule has 1 N–H and O–H groups in total. The second-order valence-corrected chi connectivity index (χ2v) is 4.55. The van der Waals surface area contributed by atoms with Gasteiger partial charge in [0.15, 0.2) is 0 Å². The molecule has 14 heavy (non-hydrogen) atoms. The molecule has 1 rings (SSSR count). The number of carbonyl (C=O) groups is 1. The normalized spacial score (nSPS) is 11.4. The molecule has 0 amide bonds. The first kappa shape index (κ1) is 11.0. The second-order valence-electron chi connectivity index (χ2n) is 3.58. The minimum atomic E-state index is -0.447. The maximum absolute atomic E-state index is 11.2. The number of nitrogens with one attached hydrogen (secondary N) is 1. The summed E-state index contributed by atoms with van der Waals surface area (Å²) in [6.07, 6.45) is 0. The number of thioether (sulfide) groups is 1. The van der Waals surface area contributed by atoms with E-state index in [9.17, 15) is 4.79 Å². The van der Waals surface area contributed by atoms with Gasteiger partial charge in [-0.2, -0.15) is 0 Å². The van der Waals surface area contributed by atoms with Crippen LogP contribution in [0, 0.1) is 0 Å². The van der Waals surface area contributed by atoms with Gasteiger partial charge in [0.05, 0.1) is 5.75 Å². The molecule has 0 saturated heterocycles. The lowest BCUT2D eigenvalue weighted by molar-refractivity contribution is -0.151. The Morgan fingerprint density at radius 1 is 1.57 bits per heavy atom. The summed E-state index contributed by atoms with van der Waals surface area (Å²) < 4.78 is 5.09. The molecule has 1 heterocycles. The van der Waals surface area contributed by atoms with Gasteiger partial charge in [-0.05, 0) is 31.2 Å². The summed E-state index contributed by atoms with van der Waals surface area (Å²) in [5, 5.41) is 13.4. The molecule has 0 bridgehead atoms. The van der Waals surface area contributed by atoms with E-state index in [1.165, 1.54) is 11.8 Å². The van der Waals surface area contributed by atoms with Gasteiger partial charge in [0, 0.05) is 0 Å². The Balaban J connectivity index is 2.29. The third kappa shape index (κ3) is 4.22. The number of nitrogens with zero attached hydrogens (tertiary/aromatic N) is 3. The number of esters is 1. The van der Waals surface area contributed by atoms with E-state index >= 15 is 0 Å². The Kier molecular flexibility index (Phi) is 3.45. The van der Waals surface area contributed by atoms with Crippen LogP contribution in [0.1, 0.15) is 20.8 Å². The van der Waals surface area contributed by atoms with Crippen LogP contribution in [-0.4, -0.2) is 37.9 Å². The number of aromatic nitrogens is 4. The Labute approximate surface area is 85.8 Å². The quantitative estimate of drug-likeness (QED) is 0.589. The highest BCUT2D eigenvalue weighted by Gasteiger charge is 2.16. The molecular weight excluding hydrogens is 204 g/mol. The first-order valence-corrected chi connectivity index (χ1v) is 5.04. The maximum atomic E-state index is 11.2. The van der Waals surface area contributed by atoms with Gasteiger partial charge in [0.2, 0.25) is 5.16 Å². The fourth-order valence-corrected chi connectivity index (χ4v) is 1.22. The lowest BCUT2D eigenvalue weighted by Gasteiger charge is -2.18. The Morgan fingerprint density at radius 2 is 2.29 bits per heavy atom. The summed E-state index contributed by atoms with van der Waals surface area (Å²) in [5.41, 5.74) is -0.447. The van der Waals surface area contributed by atoms with E-state index in [-0.39, 0.29) is 11.7 Å². The van der Waals surface area contributed by atoms with Crippen molar-refractivity contribution in [3.05, 3.63) is 0 Å². The van der Waals surface area contributed by atoms with Gasteiger partial charge >= 0.3 is 5.97 Å². The van der Waals surface area contributed by atoms with Crippen LogP contribution < -0.4 is 0 Å². The lowest BCUT2D eigenvalue weighted by atomic mass is 10.2. The second kappa shape index (κ2) is 4.41. The van der Waals surface area contributed by atoms with Gasteiger partial charge in [-0.3, -0.25) is 4.79 Å². The number of rotatable bonds is 3. The molecule has 0 saturated carbocycles. The van der Waals surface area contributed by atoms with Crippen LogP contribution in [0.25, 0.3) is 0 Å². The highest BCUT2D eigenvalue weighted by atomic mass is 32.2. The summed E-state index contributed by atoms with van der Waals surface area (Å²) in [7, 11) is 0. The fourth-order valence-electron chi connectivity index (χ4n) is 0.710. The number of aromatic amines is 1. The van der Waals surface area contributed by atoms with Crippen LogP contribution in [0.3, 0.4) is 0 Å². The zero-order valence-electron chi connectivity index (χ0n) is 8.27. The van der Waals surface area contributed by atoms with E-state index in [0.717, 1.165) is 0 Å². The smallest absolute Gasteiger partial charge is 0.316 e. The standard InChI is InChI=1S/C7H12N4O2S/c1-7(2,3)13-5(12)4-14-6-8-10-11-9-6/h4H2,1-3H3,(H,8,9,10,11). The Morgan fingerprint density at radius 3 is 2.79 bits per heavy atom. The van der Waals surface area contributed by atoms with Gasteiger partial charge in [0.1, 0.15) is 5.60 Å². The van der Waals surface area contributed by atoms with Crippen molar-refractivity contribution < 1.29 is 9.53 Å². The number of ether oxygens (including phenoxy) is 1. The maximum Gasteiger partial charge on any atom is 0.316 e. The molecule has 0 atom stereocenters.